The van der Waals surface area contributed by atoms with Crippen molar-refractivity contribution in [2.45, 2.75) is 13.5 Å². The van der Waals surface area contributed by atoms with Crippen LogP contribution in [0.25, 0.3) is 0 Å². The Kier molecular flexibility index (Phi) is 4.43. The Balaban J connectivity index is 2.26. The first-order valence-corrected chi connectivity index (χ1v) is 6.87. The van der Waals surface area contributed by atoms with E-state index in [1.54, 1.807) is 7.11 Å². The quantitative estimate of drug-likeness (QED) is 0.856. The molecule has 0 aliphatic heterocycles. The van der Waals surface area contributed by atoms with Crippen LogP contribution in [0.3, 0.4) is 0 Å². The fourth-order valence-electron chi connectivity index (χ4n) is 1.96. The molecule has 0 saturated carbocycles. The van der Waals surface area contributed by atoms with Crippen molar-refractivity contribution in [3.05, 3.63) is 52.1 Å². The second-order valence-corrected chi connectivity index (χ2v) is 5.23. The van der Waals surface area contributed by atoms with Gasteiger partial charge in [-0.25, -0.2) is 4.98 Å². The fourth-order valence-corrected chi connectivity index (χ4v) is 2.49. The number of aryl methyl sites for hydroxylation is 1. The molecule has 2 rings (SSSR count). The molecule has 0 fully saturated rings. The van der Waals surface area contributed by atoms with Crippen LogP contribution in [-0.2, 0) is 6.54 Å². The summed E-state index contributed by atoms with van der Waals surface area (Å²) in [5.74, 6) is 1.84. The molecule has 0 atom stereocenters. The first-order chi connectivity index (χ1) is 9.13. The summed E-state index contributed by atoms with van der Waals surface area (Å²) in [4.78, 5) is 6.54. The molecule has 1 aromatic heterocycles. The molecule has 0 aliphatic rings. The molecule has 0 N–H and O–H groups in total. The maximum Gasteiger partial charge on any atom is 0.143 e. The van der Waals surface area contributed by atoms with E-state index in [2.05, 4.69) is 38.8 Å². The molecule has 0 radical (unpaired) electrons. The smallest absolute Gasteiger partial charge is 0.143 e. The van der Waals surface area contributed by atoms with Crippen molar-refractivity contribution in [1.82, 2.24) is 4.98 Å². The average molecular weight is 321 g/mol. The maximum atomic E-state index is 5.38. The van der Waals surface area contributed by atoms with E-state index in [0.29, 0.717) is 0 Å². The topological polar surface area (TPSA) is 25.4 Å². The lowest BCUT2D eigenvalue weighted by atomic mass is 10.2. The van der Waals surface area contributed by atoms with Crippen LogP contribution in [0.5, 0.6) is 5.75 Å². The summed E-state index contributed by atoms with van der Waals surface area (Å²) < 4.78 is 6.41. The van der Waals surface area contributed by atoms with E-state index in [-0.39, 0.29) is 0 Å². The molecule has 0 unspecified atom stereocenters. The zero-order valence-electron chi connectivity index (χ0n) is 11.4. The van der Waals surface area contributed by atoms with Gasteiger partial charge in [-0.1, -0.05) is 18.2 Å². The van der Waals surface area contributed by atoms with Crippen LogP contribution in [0, 0.1) is 6.92 Å². The third-order valence-electron chi connectivity index (χ3n) is 3.03. The molecule has 0 amide bonds. The van der Waals surface area contributed by atoms with Gasteiger partial charge in [0.2, 0.25) is 0 Å². The van der Waals surface area contributed by atoms with Gasteiger partial charge < -0.3 is 9.64 Å². The Morgan fingerprint density at radius 1 is 1.26 bits per heavy atom. The molecule has 3 nitrogen and oxygen atoms in total. The van der Waals surface area contributed by atoms with E-state index in [9.17, 15) is 0 Å². The molecule has 2 aromatic rings. The SMILES string of the molecule is COc1ccccc1CN(C)c1nccc(C)c1Br. The number of halogens is 1. The summed E-state index contributed by atoms with van der Waals surface area (Å²) in [6, 6.07) is 10.0. The van der Waals surface area contributed by atoms with Crippen molar-refractivity contribution >= 4 is 21.7 Å². The number of nitrogens with zero attached hydrogens (tertiary/aromatic N) is 2. The number of anilines is 1. The molecule has 1 heterocycles. The Labute approximate surface area is 122 Å². The summed E-state index contributed by atoms with van der Waals surface area (Å²) in [7, 11) is 3.72. The zero-order valence-corrected chi connectivity index (χ0v) is 12.9. The van der Waals surface area contributed by atoms with Gasteiger partial charge in [-0.3, -0.25) is 0 Å². The molecule has 1 aromatic carbocycles. The van der Waals surface area contributed by atoms with Crippen molar-refractivity contribution in [1.29, 1.82) is 0 Å². The minimum absolute atomic E-state index is 0.749. The summed E-state index contributed by atoms with van der Waals surface area (Å²) in [5, 5.41) is 0. The number of hydrogen-bond acceptors (Lipinski definition) is 3. The zero-order chi connectivity index (χ0) is 13.8. The van der Waals surface area contributed by atoms with Crippen molar-refractivity contribution in [2.75, 3.05) is 19.1 Å². The lowest BCUT2D eigenvalue weighted by molar-refractivity contribution is 0.409. The van der Waals surface area contributed by atoms with Gasteiger partial charge in [0.15, 0.2) is 0 Å². The highest BCUT2D eigenvalue weighted by Crippen LogP contribution is 2.28. The summed E-state index contributed by atoms with van der Waals surface area (Å²) in [6.45, 7) is 2.81. The normalized spacial score (nSPS) is 10.3. The number of methoxy groups -OCH3 is 1. The van der Waals surface area contributed by atoms with Crippen LogP contribution in [-0.4, -0.2) is 19.1 Å². The Bertz CT molecular complexity index is 572. The lowest BCUT2D eigenvalue weighted by Crippen LogP contribution is -2.18. The third kappa shape index (κ3) is 3.07. The molecule has 0 aliphatic carbocycles. The third-order valence-corrected chi connectivity index (χ3v) is 4.01. The van der Waals surface area contributed by atoms with Crippen molar-refractivity contribution in [3.63, 3.8) is 0 Å². The number of benzene rings is 1. The predicted octanol–water partition coefficient (Wildman–Crippen LogP) is 3.80. The van der Waals surface area contributed by atoms with Crippen molar-refractivity contribution in [2.24, 2.45) is 0 Å². The highest BCUT2D eigenvalue weighted by Gasteiger charge is 2.11. The molecular formula is C15H17BrN2O. The van der Waals surface area contributed by atoms with Gasteiger partial charge in [0.1, 0.15) is 11.6 Å². The van der Waals surface area contributed by atoms with E-state index in [1.165, 1.54) is 5.56 Å². The highest BCUT2D eigenvalue weighted by atomic mass is 79.9. The van der Waals surface area contributed by atoms with Crippen molar-refractivity contribution in [3.8, 4) is 5.75 Å². The maximum absolute atomic E-state index is 5.38. The molecule has 0 spiro atoms. The second-order valence-electron chi connectivity index (χ2n) is 4.43. The summed E-state index contributed by atoms with van der Waals surface area (Å²) >= 11 is 3.59. The molecule has 0 saturated heterocycles. The number of para-hydroxylation sites is 1. The standard InChI is InChI=1S/C15H17BrN2O/c1-11-8-9-17-15(14(11)16)18(2)10-12-6-4-5-7-13(12)19-3/h4-9H,10H2,1-3H3. The van der Waals surface area contributed by atoms with E-state index >= 15 is 0 Å². The fraction of sp³-hybridized carbons (Fsp3) is 0.267. The number of hydrogen-bond donors (Lipinski definition) is 0. The molecule has 19 heavy (non-hydrogen) atoms. The number of rotatable bonds is 4. The lowest BCUT2D eigenvalue weighted by Gasteiger charge is -2.21. The van der Waals surface area contributed by atoms with Crippen LogP contribution < -0.4 is 9.64 Å². The minimum atomic E-state index is 0.749. The molecule has 0 bridgehead atoms. The molecule has 4 heteroatoms. The van der Waals surface area contributed by atoms with Gasteiger partial charge in [0, 0.05) is 25.4 Å². The number of ether oxygens (including phenoxy) is 1. The van der Waals surface area contributed by atoms with E-state index < -0.39 is 0 Å². The van der Waals surface area contributed by atoms with Gasteiger partial charge in [0.05, 0.1) is 11.6 Å². The van der Waals surface area contributed by atoms with Gasteiger partial charge in [0.25, 0.3) is 0 Å². The second kappa shape index (κ2) is 6.06. The molecule has 100 valence electrons. The highest BCUT2D eigenvalue weighted by molar-refractivity contribution is 9.10. The van der Waals surface area contributed by atoms with Gasteiger partial charge >= 0.3 is 0 Å². The average Bonchev–Trinajstić information content (AvgIpc) is 2.42. The minimum Gasteiger partial charge on any atom is -0.496 e. The van der Waals surface area contributed by atoms with Gasteiger partial charge in [-0.05, 0) is 40.5 Å². The molecular weight excluding hydrogens is 304 g/mol. The monoisotopic (exact) mass is 320 g/mol. The van der Waals surface area contributed by atoms with Crippen LogP contribution in [0.2, 0.25) is 0 Å². The van der Waals surface area contributed by atoms with E-state index in [0.717, 1.165) is 28.1 Å². The van der Waals surface area contributed by atoms with Crippen LogP contribution in [0.1, 0.15) is 11.1 Å². The summed E-state index contributed by atoms with van der Waals surface area (Å²) in [5.41, 5.74) is 2.32. The summed E-state index contributed by atoms with van der Waals surface area (Å²) in [6.07, 6.45) is 1.83. The Morgan fingerprint density at radius 3 is 2.74 bits per heavy atom. The van der Waals surface area contributed by atoms with E-state index in [4.69, 9.17) is 4.74 Å². The van der Waals surface area contributed by atoms with Gasteiger partial charge in [-0.2, -0.15) is 0 Å². The predicted molar refractivity (Wildman–Crippen MR) is 81.8 cm³/mol. The largest absolute Gasteiger partial charge is 0.496 e. The first-order valence-electron chi connectivity index (χ1n) is 6.07. The first kappa shape index (κ1) is 13.9. The van der Waals surface area contributed by atoms with Crippen LogP contribution in [0.4, 0.5) is 5.82 Å². The van der Waals surface area contributed by atoms with Crippen LogP contribution >= 0.6 is 15.9 Å². The van der Waals surface area contributed by atoms with Crippen molar-refractivity contribution < 1.29 is 4.74 Å². The van der Waals surface area contributed by atoms with Gasteiger partial charge in [-0.15, -0.1) is 0 Å². The van der Waals surface area contributed by atoms with E-state index in [1.807, 2.05) is 37.5 Å². The number of pyridine rings is 1. The van der Waals surface area contributed by atoms with Crippen LogP contribution in [0.15, 0.2) is 41.0 Å². The Hall–Kier alpha value is -1.55. The number of aromatic nitrogens is 1. The Morgan fingerprint density at radius 2 is 2.00 bits per heavy atom.